The monoisotopic (exact) mass is 402 g/mol. The van der Waals surface area contributed by atoms with Crippen LogP contribution >= 0.6 is 11.6 Å². The predicted molar refractivity (Wildman–Crippen MR) is 96.0 cm³/mol. The number of hydrogen-bond acceptors (Lipinski definition) is 4. The number of nitrogens with zero attached hydrogens (tertiary/aromatic N) is 1. The van der Waals surface area contributed by atoms with Crippen molar-refractivity contribution < 1.29 is 27.4 Å². The van der Waals surface area contributed by atoms with Gasteiger partial charge in [0.1, 0.15) is 5.82 Å². The summed E-state index contributed by atoms with van der Waals surface area (Å²) in [6.07, 6.45) is 0. The smallest absolute Gasteiger partial charge is 0.387 e. The van der Waals surface area contributed by atoms with Crippen molar-refractivity contribution in [1.29, 1.82) is 0 Å². The van der Waals surface area contributed by atoms with Crippen molar-refractivity contribution in [1.82, 2.24) is 4.90 Å². The molecule has 2 aromatic carbocycles. The fourth-order valence-corrected chi connectivity index (χ4v) is 2.56. The van der Waals surface area contributed by atoms with Gasteiger partial charge in [-0.3, -0.25) is 9.69 Å². The van der Waals surface area contributed by atoms with Crippen molar-refractivity contribution in [3.63, 3.8) is 0 Å². The molecule has 0 heterocycles. The van der Waals surface area contributed by atoms with Crippen LogP contribution in [0.3, 0.4) is 0 Å². The molecule has 9 heteroatoms. The van der Waals surface area contributed by atoms with E-state index in [0.29, 0.717) is 6.54 Å². The van der Waals surface area contributed by atoms with Crippen molar-refractivity contribution in [2.45, 2.75) is 13.2 Å². The molecule has 0 aliphatic heterocycles. The van der Waals surface area contributed by atoms with Crippen LogP contribution in [0.1, 0.15) is 5.56 Å². The summed E-state index contributed by atoms with van der Waals surface area (Å²) < 4.78 is 47.8. The van der Waals surface area contributed by atoms with Crippen LogP contribution in [-0.2, 0) is 11.3 Å². The molecule has 0 fully saturated rings. The van der Waals surface area contributed by atoms with Gasteiger partial charge in [0.05, 0.1) is 19.3 Å². The van der Waals surface area contributed by atoms with Gasteiger partial charge in [-0.1, -0.05) is 17.7 Å². The minimum atomic E-state index is -2.95. The van der Waals surface area contributed by atoms with Gasteiger partial charge in [-0.15, -0.1) is 0 Å². The number of nitrogens with one attached hydrogen (secondary N) is 1. The van der Waals surface area contributed by atoms with Gasteiger partial charge in [0, 0.05) is 11.6 Å². The van der Waals surface area contributed by atoms with Crippen molar-refractivity contribution in [3.05, 3.63) is 52.8 Å². The van der Waals surface area contributed by atoms with Gasteiger partial charge in [-0.25, -0.2) is 4.39 Å². The summed E-state index contributed by atoms with van der Waals surface area (Å²) in [5.74, 6) is -0.954. The number of benzene rings is 2. The van der Waals surface area contributed by atoms with E-state index in [1.807, 2.05) is 0 Å². The molecule has 0 unspecified atom stereocenters. The second-order valence-corrected chi connectivity index (χ2v) is 6.14. The maximum atomic E-state index is 13.7. The molecule has 0 atom stereocenters. The first-order chi connectivity index (χ1) is 12.8. The molecule has 0 radical (unpaired) electrons. The quantitative estimate of drug-likeness (QED) is 0.720. The molecule has 0 aromatic heterocycles. The summed E-state index contributed by atoms with van der Waals surface area (Å²) >= 11 is 5.67. The van der Waals surface area contributed by atoms with Crippen LogP contribution in [0.2, 0.25) is 5.02 Å². The van der Waals surface area contributed by atoms with Gasteiger partial charge in [-0.05, 0) is 42.9 Å². The molecule has 1 N–H and O–H groups in total. The Balaban J connectivity index is 1.96. The average molecular weight is 403 g/mol. The highest BCUT2D eigenvalue weighted by atomic mass is 35.5. The lowest BCUT2D eigenvalue weighted by Crippen LogP contribution is -2.30. The highest BCUT2D eigenvalue weighted by Crippen LogP contribution is 2.29. The number of alkyl halides is 2. The van der Waals surface area contributed by atoms with E-state index >= 15 is 0 Å². The molecule has 0 saturated heterocycles. The summed E-state index contributed by atoms with van der Waals surface area (Å²) in [6, 6.07) is 8.47. The number of methoxy groups -OCH3 is 1. The topological polar surface area (TPSA) is 50.8 Å². The molecule has 0 bridgehead atoms. The first kappa shape index (κ1) is 20.9. The summed E-state index contributed by atoms with van der Waals surface area (Å²) in [5.41, 5.74) is 0.759. The number of likely N-dealkylation sites (N-methyl/N-ethyl adjacent to an activating group) is 1. The third kappa shape index (κ3) is 6.33. The number of halogens is 4. The zero-order valence-electron chi connectivity index (χ0n) is 14.6. The Labute approximate surface area is 159 Å². The molecule has 2 rings (SSSR count). The standard InChI is InChI=1S/C18H18ClF3N2O3/c1-24(10-17(25)23-14-5-4-12(19)8-13(14)20)9-11-3-6-15(27-18(21)22)16(7-11)26-2/h3-8,18H,9-10H2,1-2H3,(H,23,25). The SMILES string of the molecule is COc1cc(CN(C)CC(=O)Nc2ccc(Cl)cc2F)ccc1OC(F)F. The molecule has 0 saturated carbocycles. The molecule has 5 nitrogen and oxygen atoms in total. The molecule has 1 amide bonds. The Kier molecular flexibility index (Phi) is 7.32. The lowest BCUT2D eigenvalue weighted by molar-refractivity contribution is -0.117. The summed E-state index contributed by atoms with van der Waals surface area (Å²) in [4.78, 5) is 13.7. The van der Waals surface area contributed by atoms with E-state index in [0.717, 1.165) is 11.6 Å². The van der Waals surface area contributed by atoms with Gasteiger partial charge in [-0.2, -0.15) is 8.78 Å². The predicted octanol–water partition coefficient (Wildman–Crippen LogP) is 4.16. The average Bonchev–Trinajstić information content (AvgIpc) is 2.58. The zero-order valence-corrected chi connectivity index (χ0v) is 15.4. The zero-order chi connectivity index (χ0) is 20.0. The van der Waals surface area contributed by atoms with E-state index < -0.39 is 18.3 Å². The number of anilines is 1. The van der Waals surface area contributed by atoms with Crippen molar-refractivity contribution in [3.8, 4) is 11.5 Å². The third-order valence-corrected chi connectivity index (χ3v) is 3.75. The third-order valence-electron chi connectivity index (χ3n) is 3.52. The van der Waals surface area contributed by atoms with Gasteiger partial charge in [0.25, 0.3) is 0 Å². The maximum absolute atomic E-state index is 13.7. The van der Waals surface area contributed by atoms with Gasteiger partial charge >= 0.3 is 6.61 Å². The number of carbonyl (C=O) groups excluding carboxylic acids is 1. The first-order valence-corrected chi connectivity index (χ1v) is 8.21. The second kappa shape index (κ2) is 9.48. The van der Waals surface area contributed by atoms with Crippen LogP contribution in [0.25, 0.3) is 0 Å². The van der Waals surface area contributed by atoms with E-state index in [-0.39, 0.29) is 28.8 Å². The first-order valence-electron chi connectivity index (χ1n) is 7.83. The van der Waals surface area contributed by atoms with Gasteiger partial charge < -0.3 is 14.8 Å². The molecule has 0 aliphatic rings. The van der Waals surface area contributed by atoms with Crippen LogP contribution < -0.4 is 14.8 Å². The number of ether oxygens (including phenoxy) is 2. The highest BCUT2D eigenvalue weighted by Gasteiger charge is 2.14. The molecule has 2 aromatic rings. The number of hydrogen-bond donors (Lipinski definition) is 1. The normalized spacial score (nSPS) is 11.0. The van der Waals surface area contributed by atoms with Crippen LogP contribution in [-0.4, -0.2) is 38.1 Å². The van der Waals surface area contributed by atoms with Crippen molar-refractivity contribution in [2.24, 2.45) is 0 Å². The molecular weight excluding hydrogens is 385 g/mol. The van der Waals surface area contributed by atoms with E-state index in [1.165, 1.54) is 25.3 Å². The summed E-state index contributed by atoms with van der Waals surface area (Å²) in [6.45, 7) is -2.63. The Morgan fingerprint density at radius 2 is 1.96 bits per heavy atom. The van der Waals surface area contributed by atoms with E-state index in [4.69, 9.17) is 16.3 Å². The number of amides is 1. The van der Waals surface area contributed by atoms with E-state index in [2.05, 4.69) is 10.1 Å². The second-order valence-electron chi connectivity index (χ2n) is 5.71. The Morgan fingerprint density at radius 1 is 1.22 bits per heavy atom. The minimum Gasteiger partial charge on any atom is -0.493 e. The fraction of sp³-hybridized carbons (Fsp3) is 0.278. The van der Waals surface area contributed by atoms with Gasteiger partial charge in [0.2, 0.25) is 5.91 Å². The van der Waals surface area contributed by atoms with Crippen LogP contribution in [0.4, 0.5) is 18.9 Å². The lowest BCUT2D eigenvalue weighted by atomic mass is 10.2. The van der Waals surface area contributed by atoms with Crippen LogP contribution in [0.15, 0.2) is 36.4 Å². The molecule has 0 spiro atoms. The largest absolute Gasteiger partial charge is 0.493 e. The Bertz CT molecular complexity index is 805. The molecule has 0 aliphatic carbocycles. The summed E-state index contributed by atoms with van der Waals surface area (Å²) in [7, 11) is 3.03. The Hall–Kier alpha value is -2.45. The van der Waals surface area contributed by atoms with E-state index in [9.17, 15) is 18.0 Å². The molecule has 146 valence electrons. The van der Waals surface area contributed by atoms with Gasteiger partial charge in [0.15, 0.2) is 11.5 Å². The number of carbonyl (C=O) groups is 1. The van der Waals surface area contributed by atoms with E-state index in [1.54, 1.807) is 24.1 Å². The lowest BCUT2D eigenvalue weighted by Gasteiger charge is -2.18. The van der Waals surface area contributed by atoms with Crippen molar-refractivity contribution >= 4 is 23.2 Å². The van der Waals surface area contributed by atoms with Crippen LogP contribution in [0, 0.1) is 5.82 Å². The fourth-order valence-electron chi connectivity index (χ4n) is 2.40. The number of rotatable bonds is 8. The highest BCUT2D eigenvalue weighted by molar-refractivity contribution is 6.30. The summed E-state index contributed by atoms with van der Waals surface area (Å²) in [5, 5.41) is 2.70. The minimum absolute atomic E-state index is 0.0142. The molecule has 27 heavy (non-hydrogen) atoms. The van der Waals surface area contributed by atoms with Crippen molar-refractivity contribution in [2.75, 3.05) is 26.0 Å². The van der Waals surface area contributed by atoms with Crippen LogP contribution in [0.5, 0.6) is 11.5 Å². The Morgan fingerprint density at radius 3 is 2.59 bits per heavy atom. The maximum Gasteiger partial charge on any atom is 0.387 e. The molecular formula is C18H18ClF3N2O3.